The van der Waals surface area contributed by atoms with Gasteiger partial charge in [0.1, 0.15) is 6.54 Å². The molecule has 3 aromatic rings. The molecule has 3 rings (SSSR count). The fraction of sp³-hybridized carbons (Fsp3) is 0.174. The number of nitrogens with one attached hydrogen (secondary N) is 1. The van der Waals surface area contributed by atoms with Crippen LogP contribution in [-0.2, 0) is 14.8 Å². The zero-order valence-corrected chi connectivity index (χ0v) is 18.6. The number of para-hydroxylation sites is 1. The summed E-state index contributed by atoms with van der Waals surface area (Å²) in [4.78, 5) is 12.9. The summed E-state index contributed by atoms with van der Waals surface area (Å²) in [5.41, 5.74) is 3.59. The largest absolute Gasteiger partial charge is 0.323 e. The number of carbonyl (C=O) groups excluding carboxylic acids is 1. The van der Waals surface area contributed by atoms with Crippen LogP contribution < -0.4 is 9.62 Å². The van der Waals surface area contributed by atoms with Gasteiger partial charge >= 0.3 is 0 Å². The molecule has 0 bridgehead atoms. The predicted molar refractivity (Wildman–Crippen MR) is 122 cm³/mol. The average Bonchev–Trinajstić information content (AvgIpc) is 2.69. The SMILES string of the molecule is Cc1ccc(S(=O)(=O)N(CC(=O)Nc2ccccc2Cl)c2ccc(C)cc2C)cc1. The van der Waals surface area contributed by atoms with Crippen LogP contribution in [0.15, 0.2) is 71.6 Å². The van der Waals surface area contributed by atoms with Crippen molar-refractivity contribution in [1.82, 2.24) is 0 Å². The number of halogens is 1. The molecule has 0 heterocycles. The van der Waals surface area contributed by atoms with Crippen molar-refractivity contribution >= 4 is 38.9 Å². The van der Waals surface area contributed by atoms with Gasteiger partial charge in [-0.3, -0.25) is 9.10 Å². The third kappa shape index (κ3) is 4.83. The highest BCUT2D eigenvalue weighted by molar-refractivity contribution is 7.92. The first kappa shape index (κ1) is 21.9. The Balaban J connectivity index is 2.00. The second-order valence-electron chi connectivity index (χ2n) is 7.14. The summed E-state index contributed by atoms with van der Waals surface area (Å²) in [5.74, 6) is -0.487. The Morgan fingerprint density at radius 2 is 1.57 bits per heavy atom. The smallest absolute Gasteiger partial charge is 0.264 e. The summed E-state index contributed by atoms with van der Waals surface area (Å²) < 4.78 is 28.0. The monoisotopic (exact) mass is 442 g/mol. The van der Waals surface area contributed by atoms with Crippen LogP contribution in [0.1, 0.15) is 16.7 Å². The summed E-state index contributed by atoms with van der Waals surface area (Å²) in [5, 5.41) is 3.08. The van der Waals surface area contributed by atoms with Gasteiger partial charge in [-0.1, -0.05) is 59.1 Å². The zero-order chi connectivity index (χ0) is 21.9. The lowest BCUT2D eigenvalue weighted by atomic mass is 10.1. The summed E-state index contributed by atoms with van der Waals surface area (Å²) in [6.45, 7) is 5.26. The van der Waals surface area contributed by atoms with Crippen molar-refractivity contribution in [2.75, 3.05) is 16.2 Å². The number of hydrogen-bond donors (Lipinski definition) is 1. The maximum atomic E-state index is 13.5. The number of anilines is 2. The minimum atomic E-state index is -3.96. The van der Waals surface area contributed by atoms with Gasteiger partial charge in [0.25, 0.3) is 10.0 Å². The molecule has 0 spiro atoms. The van der Waals surface area contributed by atoms with Crippen molar-refractivity contribution < 1.29 is 13.2 Å². The van der Waals surface area contributed by atoms with Crippen LogP contribution in [0.2, 0.25) is 5.02 Å². The molecule has 0 unspecified atom stereocenters. The molecule has 0 saturated heterocycles. The van der Waals surface area contributed by atoms with Gasteiger partial charge < -0.3 is 5.32 Å². The third-order valence-electron chi connectivity index (χ3n) is 4.67. The maximum Gasteiger partial charge on any atom is 0.264 e. The molecule has 0 aliphatic carbocycles. The molecule has 0 fully saturated rings. The number of nitrogens with zero attached hydrogens (tertiary/aromatic N) is 1. The molecular weight excluding hydrogens is 420 g/mol. The second-order valence-corrected chi connectivity index (χ2v) is 9.41. The molecular formula is C23H23ClN2O3S. The molecule has 156 valence electrons. The molecule has 0 atom stereocenters. The van der Waals surface area contributed by atoms with Crippen LogP contribution in [0.25, 0.3) is 0 Å². The van der Waals surface area contributed by atoms with Gasteiger partial charge in [0.2, 0.25) is 5.91 Å². The van der Waals surface area contributed by atoms with E-state index in [0.29, 0.717) is 16.4 Å². The number of benzene rings is 3. The van der Waals surface area contributed by atoms with Crippen LogP contribution >= 0.6 is 11.6 Å². The Morgan fingerprint density at radius 3 is 2.20 bits per heavy atom. The number of amides is 1. The lowest BCUT2D eigenvalue weighted by Crippen LogP contribution is -2.38. The van der Waals surface area contributed by atoms with Crippen molar-refractivity contribution in [3.05, 3.63) is 88.4 Å². The number of carbonyl (C=O) groups is 1. The first-order valence-electron chi connectivity index (χ1n) is 9.39. The van der Waals surface area contributed by atoms with Crippen LogP contribution in [-0.4, -0.2) is 20.9 Å². The van der Waals surface area contributed by atoms with Crippen LogP contribution in [0.5, 0.6) is 0 Å². The molecule has 1 N–H and O–H groups in total. The molecule has 30 heavy (non-hydrogen) atoms. The molecule has 0 radical (unpaired) electrons. The summed E-state index contributed by atoms with van der Waals surface area (Å²) in [6, 6.07) is 18.8. The van der Waals surface area contributed by atoms with Gasteiger partial charge in [-0.05, 0) is 56.7 Å². The van der Waals surface area contributed by atoms with E-state index in [-0.39, 0.29) is 11.4 Å². The predicted octanol–water partition coefficient (Wildman–Crippen LogP) is 5.10. The minimum absolute atomic E-state index is 0.124. The van der Waals surface area contributed by atoms with Gasteiger partial charge in [0.05, 0.1) is 21.3 Å². The Morgan fingerprint density at radius 1 is 0.933 bits per heavy atom. The first-order valence-corrected chi connectivity index (χ1v) is 11.2. The van der Waals surface area contributed by atoms with Gasteiger partial charge in [-0.15, -0.1) is 0 Å². The number of aryl methyl sites for hydroxylation is 3. The highest BCUT2D eigenvalue weighted by Crippen LogP contribution is 2.28. The number of hydrogen-bond acceptors (Lipinski definition) is 3. The van der Waals surface area contributed by atoms with E-state index in [1.54, 1.807) is 54.6 Å². The van der Waals surface area contributed by atoms with E-state index in [4.69, 9.17) is 11.6 Å². The average molecular weight is 443 g/mol. The van der Waals surface area contributed by atoms with Crippen LogP contribution in [0.3, 0.4) is 0 Å². The molecule has 5 nitrogen and oxygen atoms in total. The fourth-order valence-electron chi connectivity index (χ4n) is 3.11. The summed E-state index contributed by atoms with van der Waals surface area (Å²) in [6.07, 6.45) is 0. The molecule has 7 heteroatoms. The van der Waals surface area contributed by atoms with Crippen molar-refractivity contribution in [3.8, 4) is 0 Å². The van der Waals surface area contributed by atoms with Crippen LogP contribution in [0.4, 0.5) is 11.4 Å². The summed E-state index contributed by atoms with van der Waals surface area (Å²) in [7, 11) is -3.96. The minimum Gasteiger partial charge on any atom is -0.323 e. The zero-order valence-electron chi connectivity index (χ0n) is 17.0. The maximum absolute atomic E-state index is 13.5. The second kappa shape index (κ2) is 8.90. The lowest BCUT2D eigenvalue weighted by molar-refractivity contribution is -0.114. The van der Waals surface area contributed by atoms with Gasteiger partial charge in [0.15, 0.2) is 0 Å². The van der Waals surface area contributed by atoms with Gasteiger partial charge in [-0.2, -0.15) is 0 Å². The number of rotatable bonds is 6. The van der Waals surface area contributed by atoms with Crippen molar-refractivity contribution in [2.24, 2.45) is 0 Å². The Hall–Kier alpha value is -2.83. The molecule has 1 amide bonds. The van der Waals surface area contributed by atoms with Gasteiger partial charge in [-0.25, -0.2) is 8.42 Å². The van der Waals surface area contributed by atoms with E-state index >= 15 is 0 Å². The Bertz CT molecular complexity index is 1180. The number of sulfonamides is 1. The highest BCUT2D eigenvalue weighted by Gasteiger charge is 2.28. The van der Waals surface area contributed by atoms with Crippen molar-refractivity contribution in [1.29, 1.82) is 0 Å². The summed E-state index contributed by atoms with van der Waals surface area (Å²) >= 11 is 6.12. The molecule has 0 aliphatic rings. The van der Waals surface area contributed by atoms with E-state index in [1.807, 2.05) is 32.9 Å². The van der Waals surface area contributed by atoms with E-state index in [1.165, 1.54) is 0 Å². The van der Waals surface area contributed by atoms with Gasteiger partial charge in [0, 0.05) is 0 Å². The van der Waals surface area contributed by atoms with E-state index < -0.39 is 15.9 Å². The topological polar surface area (TPSA) is 66.5 Å². The fourth-order valence-corrected chi connectivity index (χ4v) is 4.77. The van der Waals surface area contributed by atoms with E-state index in [0.717, 1.165) is 21.0 Å². The normalized spacial score (nSPS) is 11.2. The standard InChI is InChI=1S/C23H23ClN2O3S/c1-16-8-11-19(12-9-16)30(28,29)26(22-13-10-17(2)14-18(22)3)15-23(27)25-21-7-5-4-6-20(21)24/h4-14H,15H2,1-3H3,(H,25,27). The van der Waals surface area contributed by atoms with E-state index in [2.05, 4.69) is 5.32 Å². The highest BCUT2D eigenvalue weighted by atomic mass is 35.5. The van der Waals surface area contributed by atoms with Crippen molar-refractivity contribution in [3.63, 3.8) is 0 Å². The molecule has 0 saturated carbocycles. The molecule has 3 aromatic carbocycles. The molecule has 0 aromatic heterocycles. The van der Waals surface area contributed by atoms with Crippen LogP contribution in [0, 0.1) is 20.8 Å². The van der Waals surface area contributed by atoms with Crippen molar-refractivity contribution in [2.45, 2.75) is 25.7 Å². The van der Waals surface area contributed by atoms with E-state index in [9.17, 15) is 13.2 Å². The lowest BCUT2D eigenvalue weighted by Gasteiger charge is -2.26. The third-order valence-corrected chi connectivity index (χ3v) is 6.77. The first-order chi connectivity index (χ1) is 14.2. The Labute approximate surface area is 182 Å². The quantitative estimate of drug-likeness (QED) is 0.577. The molecule has 0 aliphatic heterocycles. The Kier molecular flexibility index (Phi) is 6.48.